The maximum Gasteiger partial charge on any atom is 0.140 e. The Morgan fingerprint density at radius 2 is 2.29 bits per heavy atom. The van der Waals surface area contributed by atoms with Crippen molar-refractivity contribution >= 4 is 0 Å². The first-order valence-corrected chi connectivity index (χ1v) is 6.39. The van der Waals surface area contributed by atoms with Crippen LogP contribution in [-0.2, 0) is 17.8 Å². The van der Waals surface area contributed by atoms with E-state index >= 15 is 0 Å². The van der Waals surface area contributed by atoms with Gasteiger partial charge >= 0.3 is 0 Å². The van der Waals surface area contributed by atoms with Crippen molar-refractivity contribution in [3.8, 4) is 0 Å². The smallest absolute Gasteiger partial charge is 0.140 e. The molecule has 0 saturated carbocycles. The predicted molar refractivity (Wildman–Crippen MR) is 67.7 cm³/mol. The van der Waals surface area contributed by atoms with Crippen LogP contribution in [0.5, 0.6) is 0 Å². The highest BCUT2D eigenvalue weighted by atomic mass is 16.5. The highest BCUT2D eigenvalue weighted by Gasteiger charge is 2.03. The zero-order chi connectivity index (χ0) is 12.5. The first-order chi connectivity index (χ1) is 8.24. The molecule has 17 heavy (non-hydrogen) atoms. The molecule has 0 bridgehead atoms. The van der Waals surface area contributed by atoms with Gasteiger partial charge in [-0.15, -0.1) is 0 Å². The molecule has 1 rings (SSSR count). The SMILES string of the molecule is CCOCCCn1ncnc1CNCC(C)C. The Hall–Kier alpha value is -0.940. The third-order valence-corrected chi connectivity index (χ3v) is 2.39. The van der Waals surface area contributed by atoms with Crippen LogP contribution < -0.4 is 5.32 Å². The van der Waals surface area contributed by atoms with Crippen molar-refractivity contribution < 1.29 is 4.74 Å². The molecular formula is C12H24N4O. The molecule has 0 aliphatic carbocycles. The van der Waals surface area contributed by atoms with E-state index in [-0.39, 0.29) is 0 Å². The fourth-order valence-electron chi connectivity index (χ4n) is 1.55. The van der Waals surface area contributed by atoms with Crippen LogP contribution in [0.2, 0.25) is 0 Å². The number of ether oxygens (including phenoxy) is 1. The average Bonchev–Trinajstić information content (AvgIpc) is 2.72. The van der Waals surface area contributed by atoms with Gasteiger partial charge in [0.1, 0.15) is 12.2 Å². The first-order valence-electron chi connectivity index (χ1n) is 6.39. The van der Waals surface area contributed by atoms with E-state index in [2.05, 4.69) is 29.2 Å². The lowest BCUT2D eigenvalue weighted by molar-refractivity contribution is 0.140. The lowest BCUT2D eigenvalue weighted by Crippen LogP contribution is -2.22. The van der Waals surface area contributed by atoms with Crippen molar-refractivity contribution in [2.75, 3.05) is 19.8 Å². The third-order valence-electron chi connectivity index (χ3n) is 2.39. The van der Waals surface area contributed by atoms with Crippen LogP contribution in [0.1, 0.15) is 33.0 Å². The molecule has 0 aliphatic heterocycles. The quantitative estimate of drug-likeness (QED) is 0.664. The van der Waals surface area contributed by atoms with E-state index in [0.717, 1.165) is 45.1 Å². The zero-order valence-corrected chi connectivity index (χ0v) is 11.1. The lowest BCUT2D eigenvalue weighted by atomic mass is 10.2. The molecule has 0 atom stereocenters. The van der Waals surface area contributed by atoms with Crippen molar-refractivity contribution in [1.29, 1.82) is 0 Å². The monoisotopic (exact) mass is 240 g/mol. The van der Waals surface area contributed by atoms with E-state index in [1.807, 2.05) is 11.6 Å². The van der Waals surface area contributed by atoms with Gasteiger partial charge in [-0.3, -0.25) is 0 Å². The number of rotatable bonds is 9. The second-order valence-corrected chi connectivity index (χ2v) is 4.47. The van der Waals surface area contributed by atoms with Crippen molar-refractivity contribution in [2.24, 2.45) is 5.92 Å². The van der Waals surface area contributed by atoms with Crippen LogP contribution in [0.25, 0.3) is 0 Å². The molecule has 0 radical (unpaired) electrons. The van der Waals surface area contributed by atoms with Crippen molar-refractivity contribution in [3.63, 3.8) is 0 Å². The summed E-state index contributed by atoms with van der Waals surface area (Å²) in [7, 11) is 0. The van der Waals surface area contributed by atoms with E-state index in [1.165, 1.54) is 0 Å². The van der Waals surface area contributed by atoms with E-state index in [9.17, 15) is 0 Å². The Balaban J connectivity index is 2.27. The van der Waals surface area contributed by atoms with Gasteiger partial charge in [0.25, 0.3) is 0 Å². The fourth-order valence-corrected chi connectivity index (χ4v) is 1.55. The van der Waals surface area contributed by atoms with Gasteiger partial charge in [-0.05, 0) is 25.8 Å². The van der Waals surface area contributed by atoms with Crippen LogP contribution >= 0.6 is 0 Å². The summed E-state index contributed by atoms with van der Waals surface area (Å²) in [6.07, 6.45) is 2.60. The number of aromatic nitrogens is 3. The number of hydrogen-bond donors (Lipinski definition) is 1. The molecule has 98 valence electrons. The molecule has 0 aromatic carbocycles. The number of hydrogen-bond acceptors (Lipinski definition) is 4. The summed E-state index contributed by atoms with van der Waals surface area (Å²) in [4.78, 5) is 4.26. The molecule has 0 spiro atoms. The molecule has 0 aliphatic rings. The van der Waals surface area contributed by atoms with Gasteiger partial charge in [0.2, 0.25) is 0 Å². The Bertz CT molecular complexity index is 298. The van der Waals surface area contributed by atoms with Gasteiger partial charge in [-0.1, -0.05) is 13.8 Å². The molecule has 0 unspecified atom stereocenters. The third kappa shape index (κ3) is 5.79. The van der Waals surface area contributed by atoms with Gasteiger partial charge in [0.05, 0.1) is 6.54 Å². The fraction of sp³-hybridized carbons (Fsp3) is 0.833. The molecule has 0 saturated heterocycles. The summed E-state index contributed by atoms with van der Waals surface area (Å²) in [5.41, 5.74) is 0. The Morgan fingerprint density at radius 3 is 3.00 bits per heavy atom. The van der Waals surface area contributed by atoms with Crippen LogP contribution in [0.4, 0.5) is 0 Å². The van der Waals surface area contributed by atoms with Crippen LogP contribution in [0.15, 0.2) is 6.33 Å². The van der Waals surface area contributed by atoms with Gasteiger partial charge in [0.15, 0.2) is 0 Å². The van der Waals surface area contributed by atoms with E-state index in [4.69, 9.17) is 4.74 Å². The van der Waals surface area contributed by atoms with E-state index in [0.29, 0.717) is 5.92 Å². The van der Waals surface area contributed by atoms with Gasteiger partial charge < -0.3 is 10.1 Å². The van der Waals surface area contributed by atoms with Gasteiger partial charge in [-0.25, -0.2) is 9.67 Å². The minimum Gasteiger partial charge on any atom is -0.382 e. The van der Waals surface area contributed by atoms with Crippen LogP contribution in [0.3, 0.4) is 0 Å². The molecule has 1 aromatic heterocycles. The van der Waals surface area contributed by atoms with Gasteiger partial charge in [-0.2, -0.15) is 5.10 Å². The van der Waals surface area contributed by atoms with E-state index in [1.54, 1.807) is 6.33 Å². The Morgan fingerprint density at radius 1 is 1.47 bits per heavy atom. The number of nitrogens with zero attached hydrogens (tertiary/aromatic N) is 3. The molecule has 0 amide bonds. The molecular weight excluding hydrogens is 216 g/mol. The maximum absolute atomic E-state index is 5.31. The van der Waals surface area contributed by atoms with Crippen LogP contribution in [-0.4, -0.2) is 34.5 Å². The summed E-state index contributed by atoms with van der Waals surface area (Å²) in [5.74, 6) is 1.66. The maximum atomic E-state index is 5.31. The minimum atomic E-state index is 0.657. The summed E-state index contributed by atoms with van der Waals surface area (Å²) < 4.78 is 7.26. The molecule has 5 nitrogen and oxygen atoms in total. The lowest BCUT2D eigenvalue weighted by Gasteiger charge is -2.08. The first kappa shape index (κ1) is 14.1. The summed E-state index contributed by atoms with van der Waals surface area (Å²) in [6.45, 7) is 10.6. The predicted octanol–water partition coefficient (Wildman–Crippen LogP) is 1.45. The topological polar surface area (TPSA) is 52.0 Å². The zero-order valence-electron chi connectivity index (χ0n) is 11.1. The molecule has 0 fully saturated rings. The average molecular weight is 240 g/mol. The number of nitrogens with one attached hydrogen (secondary N) is 1. The highest BCUT2D eigenvalue weighted by molar-refractivity contribution is 4.83. The minimum absolute atomic E-state index is 0.657. The Labute approximate surface area is 104 Å². The second-order valence-electron chi connectivity index (χ2n) is 4.47. The van der Waals surface area contributed by atoms with Crippen molar-refractivity contribution in [2.45, 2.75) is 40.3 Å². The Kier molecular flexibility index (Phi) is 6.81. The summed E-state index contributed by atoms with van der Waals surface area (Å²) >= 11 is 0. The number of aryl methyl sites for hydroxylation is 1. The second kappa shape index (κ2) is 8.20. The van der Waals surface area contributed by atoms with Crippen LogP contribution in [0, 0.1) is 5.92 Å². The van der Waals surface area contributed by atoms with Crippen molar-refractivity contribution in [1.82, 2.24) is 20.1 Å². The molecule has 1 heterocycles. The largest absolute Gasteiger partial charge is 0.382 e. The summed E-state index contributed by atoms with van der Waals surface area (Å²) in [5, 5.41) is 7.60. The van der Waals surface area contributed by atoms with Gasteiger partial charge in [0, 0.05) is 19.8 Å². The van der Waals surface area contributed by atoms with Crippen molar-refractivity contribution in [3.05, 3.63) is 12.2 Å². The molecule has 1 N–H and O–H groups in total. The standard InChI is InChI=1S/C12H24N4O/c1-4-17-7-5-6-16-12(14-10-15-16)9-13-8-11(2)3/h10-11,13H,4-9H2,1-3H3. The molecule has 5 heteroatoms. The van der Waals surface area contributed by atoms with E-state index < -0.39 is 0 Å². The summed E-state index contributed by atoms with van der Waals surface area (Å²) in [6, 6.07) is 0. The highest BCUT2D eigenvalue weighted by Crippen LogP contribution is 1.97. The normalized spacial score (nSPS) is 11.3. The molecule has 1 aromatic rings.